The SMILES string of the molecule is COc1ccc(C(=O)Nc2ccccc2C(=O)N[C@H](C(=O)NCCCn2ccnc2)C(C)C)cc1. The molecule has 0 unspecified atom stereocenters. The molecule has 184 valence electrons. The first-order valence-electron chi connectivity index (χ1n) is 11.5. The van der Waals surface area contributed by atoms with Crippen molar-refractivity contribution in [1.82, 2.24) is 20.2 Å². The van der Waals surface area contributed by atoms with Gasteiger partial charge in [-0.05, 0) is 48.7 Å². The summed E-state index contributed by atoms with van der Waals surface area (Å²) in [6.45, 7) is 4.95. The molecule has 3 N–H and O–H groups in total. The van der Waals surface area contributed by atoms with Crippen LogP contribution in [0.1, 0.15) is 41.0 Å². The van der Waals surface area contributed by atoms with Crippen LogP contribution in [0.2, 0.25) is 0 Å². The molecule has 9 nitrogen and oxygen atoms in total. The molecule has 0 aliphatic carbocycles. The van der Waals surface area contributed by atoms with Crippen molar-refractivity contribution in [2.24, 2.45) is 5.92 Å². The molecule has 1 heterocycles. The highest BCUT2D eigenvalue weighted by molar-refractivity contribution is 6.09. The Morgan fingerprint density at radius 1 is 1.03 bits per heavy atom. The van der Waals surface area contributed by atoms with E-state index in [4.69, 9.17) is 4.74 Å². The highest BCUT2D eigenvalue weighted by atomic mass is 16.5. The monoisotopic (exact) mass is 477 g/mol. The predicted octanol–water partition coefficient (Wildman–Crippen LogP) is 3.10. The number of imidazole rings is 1. The molecular formula is C26H31N5O4. The molecular weight excluding hydrogens is 446 g/mol. The van der Waals surface area contributed by atoms with Crippen molar-refractivity contribution in [2.45, 2.75) is 32.9 Å². The Bertz CT molecular complexity index is 1130. The number of hydrogen-bond donors (Lipinski definition) is 3. The van der Waals surface area contributed by atoms with Gasteiger partial charge in [-0.25, -0.2) is 4.98 Å². The maximum Gasteiger partial charge on any atom is 0.255 e. The molecule has 1 aromatic heterocycles. The summed E-state index contributed by atoms with van der Waals surface area (Å²) in [5.41, 5.74) is 1.05. The summed E-state index contributed by atoms with van der Waals surface area (Å²) in [5, 5.41) is 8.50. The minimum atomic E-state index is -0.721. The van der Waals surface area contributed by atoms with Gasteiger partial charge in [0.25, 0.3) is 11.8 Å². The van der Waals surface area contributed by atoms with Crippen LogP contribution in [0.15, 0.2) is 67.3 Å². The van der Waals surface area contributed by atoms with Crippen LogP contribution in [0.25, 0.3) is 0 Å². The van der Waals surface area contributed by atoms with E-state index in [2.05, 4.69) is 20.9 Å². The van der Waals surface area contributed by atoms with Crippen molar-refractivity contribution in [2.75, 3.05) is 19.0 Å². The number of carbonyl (C=O) groups excluding carboxylic acids is 3. The minimum absolute atomic E-state index is 0.131. The van der Waals surface area contributed by atoms with Crippen LogP contribution in [-0.2, 0) is 11.3 Å². The summed E-state index contributed by atoms with van der Waals surface area (Å²) in [7, 11) is 1.55. The number of aromatic nitrogens is 2. The number of ether oxygens (including phenoxy) is 1. The van der Waals surface area contributed by atoms with Gasteiger partial charge in [0.15, 0.2) is 0 Å². The minimum Gasteiger partial charge on any atom is -0.497 e. The number of para-hydroxylation sites is 1. The molecule has 3 aromatic rings. The van der Waals surface area contributed by atoms with E-state index in [9.17, 15) is 14.4 Å². The molecule has 0 fully saturated rings. The van der Waals surface area contributed by atoms with Crippen LogP contribution in [0.5, 0.6) is 5.75 Å². The lowest BCUT2D eigenvalue weighted by atomic mass is 10.0. The molecule has 3 amide bonds. The summed E-state index contributed by atoms with van der Waals surface area (Å²) in [5.74, 6) is -0.541. The Morgan fingerprint density at radius 2 is 1.77 bits per heavy atom. The summed E-state index contributed by atoms with van der Waals surface area (Å²) in [6.07, 6.45) is 6.04. The highest BCUT2D eigenvalue weighted by Gasteiger charge is 2.25. The number of methoxy groups -OCH3 is 1. The van der Waals surface area contributed by atoms with E-state index >= 15 is 0 Å². The van der Waals surface area contributed by atoms with Crippen LogP contribution in [0.4, 0.5) is 5.69 Å². The van der Waals surface area contributed by atoms with Gasteiger partial charge in [-0.1, -0.05) is 26.0 Å². The second kappa shape index (κ2) is 12.4. The van der Waals surface area contributed by atoms with Gasteiger partial charge in [0.05, 0.1) is 24.7 Å². The number of benzene rings is 2. The van der Waals surface area contributed by atoms with Crippen molar-refractivity contribution in [3.63, 3.8) is 0 Å². The van der Waals surface area contributed by atoms with Gasteiger partial charge in [0.1, 0.15) is 11.8 Å². The summed E-state index contributed by atoms with van der Waals surface area (Å²) >= 11 is 0. The Kier molecular flexibility index (Phi) is 9.00. The number of rotatable bonds is 11. The second-order valence-corrected chi connectivity index (χ2v) is 8.37. The number of carbonyl (C=O) groups is 3. The van der Waals surface area contributed by atoms with Gasteiger partial charge in [0, 0.05) is 31.0 Å². The van der Waals surface area contributed by atoms with Gasteiger partial charge >= 0.3 is 0 Å². The third-order valence-corrected chi connectivity index (χ3v) is 5.46. The Labute approximate surface area is 204 Å². The lowest BCUT2D eigenvalue weighted by Gasteiger charge is -2.22. The zero-order valence-electron chi connectivity index (χ0n) is 20.2. The van der Waals surface area contributed by atoms with Crippen molar-refractivity contribution in [1.29, 1.82) is 0 Å². The van der Waals surface area contributed by atoms with E-state index in [1.54, 1.807) is 68.2 Å². The van der Waals surface area contributed by atoms with Gasteiger partial charge in [0.2, 0.25) is 5.91 Å². The molecule has 9 heteroatoms. The van der Waals surface area contributed by atoms with Crippen molar-refractivity contribution < 1.29 is 19.1 Å². The molecule has 35 heavy (non-hydrogen) atoms. The fraction of sp³-hybridized carbons (Fsp3) is 0.308. The topological polar surface area (TPSA) is 114 Å². The fourth-order valence-corrected chi connectivity index (χ4v) is 3.48. The fourth-order valence-electron chi connectivity index (χ4n) is 3.48. The summed E-state index contributed by atoms with van der Waals surface area (Å²) < 4.78 is 7.06. The first kappa shape index (κ1) is 25.5. The van der Waals surface area contributed by atoms with Crippen molar-refractivity contribution in [3.8, 4) is 5.75 Å². The molecule has 0 saturated carbocycles. The van der Waals surface area contributed by atoms with E-state index in [-0.39, 0.29) is 23.3 Å². The average Bonchev–Trinajstić information content (AvgIpc) is 3.38. The van der Waals surface area contributed by atoms with Crippen LogP contribution < -0.4 is 20.7 Å². The van der Waals surface area contributed by atoms with Gasteiger partial charge in [-0.3, -0.25) is 14.4 Å². The molecule has 0 saturated heterocycles. The zero-order chi connectivity index (χ0) is 25.2. The Hall–Kier alpha value is -4.14. The highest BCUT2D eigenvalue weighted by Crippen LogP contribution is 2.18. The third kappa shape index (κ3) is 7.17. The molecule has 1 atom stereocenters. The van der Waals surface area contributed by atoms with Gasteiger partial charge in [-0.2, -0.15) is 0 Å². The van der Waals surface area contributed by atoms with E-state index in [0.717, 1.165) is 13.0 Å². The van der Waals surface area contributed by atoms with E-state index in [1.165, 1.54) is 0 Å². The lowest BCUT2D eigenvalue weighted by molar-refractivity contribution is -0.123. The molecule has 3 rings (SSSR count). The van der Waals surface area contributed by atoms with Crippen LogP contribution in [-0.4, -0.2) is 47.0 Å². The van der Waals surface area contributed by atoms with E-state index in [0.29, 0.717) is 23.5 Å². The maximum absolute atomic E-state index is 13.1. The standard InChI is InChI=1S/C26H31N5O4/c1-18(2)23(26(34)28-13-6-15-31-16-14-27-17-31)30-25(33)21-7-4-5-8-22(21)29-24(32)19-9-11-20(35-3)12-10-19/h4-5,7-12,14,16-18,23H,6,13,15H2,1-3H3,(H,28,34)(H,29,32)(H,30,33)/t23-/m0/s1. The number of amides is 3. The van der Waals surface area contributed by atoms with Gasteiger partial charge in [-0.15, -0.1) is 0 Å². The maximum atomic E-state index is 13.1. The predicted molar refractivity (Wildman–Crippen MR) is 133 cm³/mol. The third-order valence-electron chi connectivity index (χ3n) is 5.46. The van der Waals surface area contributed by atoms with E-state index in [1.807, 2.05) is 24.6 Å². The van der Waals surface area contributed by atoms with E-state index < -0.39 is 11.9 Å². The molecule has 2 aromatic carbocycles. The number of nitrogens with zero attached hydrogens (tertiary/aromatic N) is 2. The van der Waals surface area contributed by atoms with Crippen LogP contribution in [0.3, 0.4) is 0 Å². The number of anilines is 1. The normalized spacial score (nSPS) is 11.5. The van der Waals surface area contributed by atoms with Crippen molar-refractivity contribution >= 4 is 23.4 Å². The Morgan fingerprint density at radius 3 is 2.43 bits per heavy atom. The summed E-state index contributed by atoms with van der Waals surface area (Å²) in [4.78, 5) is 42.6. The quantitative estimate of drug-likeness (QED) is 0.367. The second-order valence-electron chi connectivity index (χ2n) is 8.37. The average molecular weight is 478 g/mol. The molecule has 0 aliphatic rings. The lowest BCUT2D eigenvalue weighted by Crippen LogP contribution is -2.50. The zero-order valence-corrected chi connectivity index (χ0v) is 20.2. The molecule has 0 spiro atoms. The smallest absolute Gasteiger partial charge is 0.255 e. The number of aryl methyl sites for hydroxylation is 1. The number of hydrogen-bond acceptors (Lipinski definition) is 5. The van der Waals surface area contributed by atoms with Crippen LogP contribution in [0, 0.1) is 5.92 Å². The Balaban J connectivity index is 1.62. The largest absolute Gasteiger partial charge is 0.497 e. The first-order valence-corrected chi connectivity index (χ1v) is 11.5. The summed E-state index contributed by atoms with van der Waals surface area (Å²) in [6, 6.07) is 12.6. The molecule has 0 radical (unpaired) electrons. The first-order chi connectivity index (χ1) is 16.9. The van der Waals surface area contributed by atoms with Crippen molar-refractivity contribution in [3.05, 3.63) is 78.4 Å². The molecule has 0 bridgehead atoms. The van der Waals surface area contributed by atoms with Gasteiger partial charge < -0.3 is 25.3 Å². The van der Waals surface area contributed by atoms with Crippen LogP contribution >= 0.6 is 0 Å². The molecule has 0 aliphatic heterocycles. The number of nitrogens with one attached hydrogen (secondary N) is 3.